The van der Waals surface area contributed by atoms with Gasteiger partial charge in [-0.2, -0.15) is 0 Å². The number of hydrogen-bond acceptors (Lipinski definition) is 4. The van der Waals surface area contributed by atoms with Gasteiger partial charge in [-0.3, -0.25) is 9.30 Å². The molecule has 108 valence electrons. The van der Waals surface area contributed by atoms with Gasteiger partial charge in [0.2, 0.25) is 0 Å². The summed E-state index contributed by atoms with van der Waals surface area (Å²) in [5.74, 6) is 0. The smallest absolute Gasteiger partial charge is 0.193 e. The first-order valence-electron chi connectivity index (χ1n) is 7.79. The first-order chi connectivity index (χ1) is 9.90. The quantitative estimate of drug-likeness (QED) is 0.943. The summed E-state index contributed by atoms with van der Waals surface area (Å²) in [6, 6.07) is 1.42. The van der Waals surface area contributed by atoms with Crippen LogP contribution in [-0.2, 0) is 6.54 Å². The summed E-state index contributed by atoms with van der Waals surface area (Å²) in [7, 11) is 0. The zero-order chi connectivity index (χ0) is 13.4. The van der Waals surface area contributed by atoms with Gasteiger partial charge in [0.05, 0.1) is 5.69 Å². The fourth-order valence-corrected chi connectivity index (χ4v) is 4.49. The SMILES string of the molecule is c1cn2cc(CN3CCCCC3C3CCCN3)nc2s1. The van der Waals surface area contributed by atoms with E-state index in [1.54, 1.807) is 11.3 Å². The molecule has 2 aliphatic heterocycles. The summed E-state index contributed by atoms with van der Waals surface area (Å²) in [5.41, 5.74) is 1.22. The van der Waals surface area contributed by atoms with Crippen molar-refractivity contribution in [1.29, 1.82) is 0 Å². The summed E-state index contributed by atoms with van der Waals surface area (Å²) in [5, 5.41) is 5.79. The van der Waals surface area contributed by atoms with E-state index in [0.717, 1.165) is 11.5 Å². The molecule has 0 bridgehead atoms. The Balaban J connectivity index is 1.51. The minimum atomic E-state index is 0.707. The average Bonchev–Trinajstić information content (AvgIpc) is 3.15. The van der Waals surface area contributed by atoms with E-state index in [1.165, 1.54) is 50.9 Å². The lowest BCUT2D eigenvalue weighted by Crippen LogP contribution is -2.49. The molecule has 2 fully saturated rings. The van der Waals surface area contributed by atoms with Gasteiger partial charge in [-0.1, -0.05) is 6.42 Å². The molecule has 2 unspecified atom stereocenters. The van der Waals surface area contributed by atoms with Crippen LogP contribution in [0.2, 0.25) is 0 Å². The molecule has 0 spiro atoms. The number of imidazole rings is 1. The molecule has 2 atom stereocenters. The van der Waals surface area contributed by atoms with E-state index in [-0.39, 0.29) is 0 Å². The Morgan fingerprint density at radius 1 is 1.30 bits per heavy atom. The second-order valence-electron chi connectivity index (χ2n) is 6.06. The number of likely N-dealkylation sites (tertiary alicyclic amines) is 1. The molecular weight excluding hydrogens is 268 g/mol. The molecule has 2 saturated heterocycles. The van der Waals surface area contributed by atoms with Crippen LogP contribution in [0.1, 0.15) is 37.8 Å². The van der Waals surface area contributed by atoms with Gasteiger partial charge < -0.3 is 5.32 Å². The van der Waals surface area contributed by atoms with Crippen LogP contribution in [-0.4, -0.2) is 39.5 Å². The van der Waals surface area contributed by atoms with Crippen LogP contribution in [0.25, 0.3) is 4.96 Å². The second kappa shape index (κ2) is 5.47. The van der Waals surface area contributed by atoms with Gasteiger partial charge in [-0.15, -0.1) is 11.3 Å². The lowest BCUT2D eigenvalue weighted by Gasteiger charge is -2.39. The maximum absolute atomic E-state index is 4.75. The highest BCUT2D eigenvalue weighted by Gasteiger charge is 2.31. The van der Waals surface area contributed by atoms with Crippen molar-refractivity contribution in [2.45, 2.75) is 50.7 Å². The van der Waals surface area contributed by atoms with Gasteiger partial charge in [-0.05, 0) is 38.8 Å². The van der Waals surface area contributed by atoms with Crippen molar-refractivity contribution in [1.82, 2.24) is 19.6 Å². The third-order valence-corrected chi connectivity index (χ3v) is 5.51. The van der Waals surface area contributed by atoms with Gasteiger partial charge in [0.1, 0.15) is 0 Å². The van der Waals surface area contributed by atoms with Crippen molar-refractivity contribution in [2.24, 2.45) is 0 Å². The molecule has 2 aromatic rings. The van der Waals surface area contributed by atoms with E-state index in [0.29, 0.717) is 12.1 Å². The molecule has 0 radical (unpaired) electrons. The van der Waals surface area contributed by atoms with Gasteiger partial charge in [0.15, 0.2) is 4.96 Å². The van der Waals surface area contributed by atoms with Gasteiger partial charge in [0, 0.05) is 36.4 Å². The Kier molecular flexibility index (Phi) is 3.50. The van der Waals surface area contributed by atoms with Crippen LogP contribution in [0.3, 0.4) is 0 Å². The minimum Gasteiger partial charge on any atom is -0.312 e. The topological polar surface area (TPSA) is 32.6 Å². The van der Waals surface area contributed by atoms with Crippen LogP contribution in [0, 0.1) is 0 Å². The van der Waals surface area contributed by atoms with Crippen LogP contribution in [0.15, 0.2) is 17.8 Å². The Labute approximate surface area is 123 Å². The Morgan fingerprint density at radius 2 is 2.30 bits per heavy atom. The summed E-state index contributed by atoms with van der Waals surface area (Å²) in [6.45, 7) is 3.44. The highest BCUT2D eigenvalue weighted by molar-refractivity contribution is 7.15. The number of hydrogen-bond donors (Lipinski definition) is 1. The van der Waals surface area contributed by atoms with Crippen molar-refractivity contribution in [3.63, 3.8) is 0 Å². The van der Waals surface area contributed by atoms with Crippen molar-refractivity contribution in [2.75, 3.05) is 13.1 Å². The first kappa shape index (κ1) is 12.8. The number of fused-ring (bicyclic) bond motifs is 1. The first-order valence-corrected chi connectivity index (χ1v) is 8.66. The molecule has 0 amide bonds. The second-order valence-corrected chi connectivity index (χ2v) is 6.93. The fraction of sp³-hybridized carbons (Fsp3) is 0.667. The standard InChI is InChI=1S/C15H22N4S/c1-2-7-18(14(5-1)13-4-3-6-16-13)10-12-11-19-8-9-20-15(19)17-12/h8-9,11,13-14,16H,1-7,10H2. The van der Waals surface area contributed by atoms with E-state index in [9.17, 15) is 0 Å². The predicted molar refractivity (Wildman–Crippen MR) is 82.1 cm³/mol. The third kappa shape index (κ3) is 2.38. The monoisotopic (exact) mass is 290 g/mol. The summed E-state index contributed by atoms with van der Waals surface area (Å²) >= 11 is 1.72. The molecule has 4 rings (SSSR count). The number of thiazole rings is 1. The number of aromatic nitrogens is 2. The van der Waals surface area contributed by atoms with Crippen LogP contribution in [0.5, 0.6) is 0 Å². The molecule has 0 saturated carbocycles. The predicted octanol–water partition coefficient (Wildman–Crippen LogP) is 2.50. The molecule has 2 aliphatic rings. The van der Waals surface area contributed by atoms with Gasteiger partial charge in [0.25, 0.3) is 0 Å². The Hall–Kier alpha value is -0.910. The van der Waals surface area contributed by atoms with Crippen LogP contribution >= 0.6 is 11.3 Å². The molecule has 4 heterocycles. The van der Waals surface area contributed by atoms with E-state index in [2.05, 4.69) is 32.4 Å². The largest absolute Gasteiger partial charge is 0.312 e. The number of nitrogens with one attached hydrogen (secondary N) is 1. The van der Waals surface area contributed by atoms with Gasteiger partial charge >= 0.3 is 0 Å². The summed E-state index contributed by atoms with van der Waals surface area (Å²) in [6.07, 6.45) is 11.1. The molecule has 0 aliphatic carbocycles. The van der Waals surface area contributed by atoms with Crippen molar-refractivity contribution in [3.05, 3.63) is 23.5 Å². The Bertz CT molecular complexity index is 541. The fourth-order valence-electron chi connectivity index (χ4n) is 3.77. The van der Waals surface area contributed by atoms with E-state index < -0.39 is 0 Å². The minimum absolute atomic E-state index is 0.707. The summed E-state index contributed by atoms with van der Waals surface area (Å²) < 4.78 is 2.15. The highest BCUT2D eigenvalue weighted by atomic mass is 32.1. The zero-order valence-electron chi connectivity index (χ0n) is 11.8. The van der Waals surface area contributed by atoms with E-state index in [1.807, 2.05) is 0 Å². The molecule has 1 N–H and O–H groups in total. The molecular formula is C15H22N4S. The van der Waals surface area contributed by atoms with Crippen molar-refractivity contribution < 1.29 is 0 Å². The Morgan fingerprint density at radius 3 is 3.15 bits per heavy atom. The summed E-state index contributed by atoms with van der Waals surface area (Å²) in [4.78, 5) is 8.53. The number of rotatable bonds is 3. The van der Waals surface area contributed by atoms with E-state index in [4.69, 9.17) is 4.98 Å². The lowest BCUT2D eigenvalue weighted by atomic mass is 9.94. The maximum Gasteiger partial charge on any atom is 0.193 e. The molecule has 4 nitrogen and oxygen atoms in total. The number of nitrogens with zero attached hydrogens (tertiary/aromatic N) is 3. The zero-order valence-corrected chi connectivity index (χ0v) is 12.6. The average molecular weight is 290 g/mol. The van der Waals surface area contributed by atoms with Crippen molar-refractivity contribution in [3.8, 4) is 0 Å². The molecule has 5 heteroatoms. The third-order valence-electron chi connectivity index (χ3n) is 4.74. The normalized spacial score (nSPS) is 28.4. The van der Waals surface area contributed by atoms with Crippen LogP contribution in [0.4, 0.5) is 0 Å². The van der Waals surface area contributed by atoms with Crippen LogP contribution < -0.4 is 5.32 Å². The molecule has 2 aromatic heterocycles. The molecule has 0 aromatic carbocycles. The van der Waals surface area contributed by atoms with Crippen molar-refractivity contribution >= 4 is 16.3 Å². The van der Waals surface area contributed by atoms with E-state index >= 15 is 0 Å². The lowest BCUT2D eigenvalue weighted by molar-refractivity contribution is 0.111. The van der Waals surface area contributed by atoms with Gasteiger partial charge in [-0.25, -0.2) is 4.98 Å². The number of piperidine rings is 1. The maximum atomic E-state index is 4.75. The highest BCUT2D eigenvalue weighted by Crippen LogP contribution is 2.26. The molecule has 20 heavy (non-hydrogen) atoms.